The first-order valence-corrected chi connectivity index (χ1v) is 19.5. The quantitative estimate of drug-likeness (QED) is 0.0907. The average molecular weight is 657 g/mol. The summed E-state index contributed by atoms with van der Waals surface area (Å²) in [5.41, 5.74) is 1.67. The fourth-order valence-electron chi connectivity index (χ4n) is 5.95. The third kappa shape index (κ3) is 14.9. The van der Waals surface area contributed by atoms with Crippen LogP contribution in [0.4, 0.5) is 5.82 Å². The van der Waals surface area contributed by atoms with Crippen LogP contribution in [0.5, 0.6) is 0 Å². The Morgan fingerprint density at radius 1 is 0.739 bits per heavy atom. The molecule has 1 aliphatic heterocycles. The van der Waals surface area contributed by atoms with Gasteiger partial charge in [-0.2, -0.15) is 8.42 Å². The summed E-state index contributed by atoms with van der Waals surface area (Å²) in [6, 6.07) is 10.7. The minimum atomic E-state index is -3.63. The first kappa shape index (κ1) is 38.0. The van der Waals surface area contributed by atoms with Crippen LogP contribution in [-0.2, 0) is 14.3 Å². The molecule has 0 bridgehead atoms. The van der Waals surface area contributed by atoms with E-state index >= 15 is 0 Å². The lowest BCUT2D eigenvalue weighted by Gasteiger charge is -2.34. The molecule has 3 rings (SSSR count). The molecule has 1 aliphatic rings. The number of hydrogen-bond acceptors (Lipinski definition) is 7. The first-order valence-electron chi connectivity index (χ1n) is 18.1. The van der Waals surface area contributed by atoms with Crippen LogP contribution in [0, 0.1) is 6.92 Å². The summed E-state index contributed by atoms with van der Waals surface area (Å²) in [7, 11) is -3.63. The van der Waals surface area contributed by atoms with Crippen molar-refractivity contribution in [2.75, 3.05) is 50.8 Å². The van der Waals surface area contributed by atoms with E-state index in [1.165, 1.54) is 77.0 Å². The van der Waals surface area contributed by atoms with E-state index in [9.17, 15) is 13.2 Å². The first-order chi connectivity index (χ1) is 22.4. The van der Waals surface area contributed by atoms with Crippen molar-refractivity contribution in [2.24, 2.45) is 0 Å². The van der Waals surface area contributed by atoms with Gasteiger partial charge in [-0.15, -0.1) is 0 Å². The van der Waals surface area contributed by atoms with Crippen molar-refractivity contribution >= 4 is 21.8 Å². The molecule has 0 atom stereocenters. The predicted molar refractivity (Wildman–Crippen MR) is 189 cm³/mol. The molecule has 1 N–H and O–H groups in total. The van der Waals surface area contributed by atoms with Gasteiger partial charge in [0.05, 0.1) is 17.1 Å². The number of rotatable bonds is 24. The summed E-state index contributed by atoms with van der Waals surface area (Å²) in [5, 5.41) is 3.05. The molecule has 258 valence electrons. The highest BCUT2D eigenvalue weighted by Gasteiger charge is 2.17. The second kappa shape index (κ2) is 22.1. The van der Waals surface area contributed by atoms with Crippen molar-refractivity contribution in [3.63, 3.8) is 0 Å². The van der Waals surface area contributed by atoms with Crippen LogP contribution in [0.25, 0.3) is 0 Å². The van der Waals surface area contributed by atoms with E-state index in [1.54, 1.807) is 30.5 Å². The molecule has 0 radical (unpaired) electrons. The molecule has 0 aliphatic carbocycles. The van der Waals surface area contributed by atoms with Crippen molar-refractivity contribution in [1.29, 1.82) is 0 Å². The van der Waals surface area contributed by atoms with Gasteiger partial charge in [0.25, 0.3) is 16.0 Å². The molecule has 8 nitrogen and oxygen atoms in total. The number of unbranched alkanes of at least 4 members (excludes halogenated alkanes) is 15. The van der Waals surface area contributed by atoms with E-state index in [2.05, 4.69) is 27.0 Å². The number of pyridine rings is 1. The Morgan fingerprint density at radius 2 is 1.26 bits per heavy atom. The van der Waals surface area contributed by atoms with Gasteiger partial charge in [0.2, 0.25) is 0 Å². The number of nitrogens with zero attached hydrogens (tertiary/aromatic N) is 3. The second-order valence-corrected chi connectivity index (χ2v) is 14.4. The highest BCUT2D eigenvalue weighted by Crippen LogP contribution is 2.17. The van der Waals surface area contributed by atoms with Crippen LogP contribution in [0.3, 0.4) is 0 Å². The fourth-order valence-corrected chi connectivity index (χ4v) is 6.89. The van der Waals surface area contributed by atoms with E-state index in [1.807, 2.05) is 19.1 Å². The number of carbonyl (C=O) groups is 1. The number of nitrogens with one attached hydrogen (secondary N) is 1. The minimum Gasteiger partial charge on any atom is -0.354 e. The lowest BCUT2D eigenvalue weighted by Crippen LogP contribution is -2.46. The molecule has 9 heteroatoms. The number of benzene rings is 1. The summed E-state index contributed by atoms with van der Waals surface area (Å²) in [6.45, 7) is 10.3. The molecule has 1 aromatic carbocycles. The zero-order chi connectivity index (χ0) is 32.9. The minimum absolute atomic E-state index is 0.0235. The number of hydrogen-bond donors (Lipinski definition) is 1. The molecule has 2 aromatic rings. The third-order valence-corrected chi connectivity index (χ3v) is 10.4. The normalized spacial score (nSPS) is 14.1. The maximum Gasteiger partial charge on any atom is 0.296 e. The van der Waals surface area contributed by atoms with Gasteiger partial charge in [-0.1, -0.05) is 115 Å². The van der Waals surface area contributed by atoms with Crippen molar-refractivity contribution in [3.8, 4) is 0 Å². The van der Waals surface area contributed by atoms with E-state index in [0.29, 0.717) is 5.56 Å². The molecule has 1 saturated heterocycles. The van der Waals surface area contributed by atoms with Crippen LogP contribution in [0.2, 0.25) is 0 Å². The standard InChI is InChI=1S/C37H60N4O4S/c1-3-40-27-29-41(30-28-40)36-25-22-34(32-39-36)37(42)38-26-18-16-14-12-10-8-6-4-5-7-9-11-13-15-17-19-31-45-46(43,44)35-23-20-33(2)21-24-35/h20-25,32H,3-19,26-31H2,1-2H3,(H,38,42). The number of piperazine rings is 1. The monoisotopic (exact) mass is 656 g/mol. The topological polar surface area (TPSA) is 91.8 Å². The van der Waals surface area contributed by atoms with Crippen LogP contribution in [0.1, 0.15) is 126 Å². The van der Waals surface area contributed by atoms with Gasteiger partial charge in [-0.3, -0.25) is 8.98 Å². The van der Waals surface area contributed by atoms with Crippen LogP contribution < -0.4 is 10.2 Å². The Labute approximate surface area is 279 Å². The lowest BCUT2D eigenvalue weighted by molar-refractivity contribution is 0.0952. The van der Waals surface area contributed by atoms with Gasteiger partial charge in [0.15, 0.2) is 0 Å². The van der Waals surface area contributed by atoms with E-state index in [-0.39, 0.29) is 17.4 Å². The van der Waals surface area contributed by atoms with E-state index in [0.717, 1.165) is 76.3 Å². The molecule has 46 heavy (non-hydrogen) atoms. The maximum absolute atomic E-state index is 12.5. The van der Waals surface area contributed by atoms with Crippen molar-refractivity contribution < 1.29 is 17.4 Å². The number of likely N-dealkylation sites (N-methyl/N-ethyl adjacent to an activating group) is 1. The maximum atomic E-state index is 12.5. The average Bonchev–Trinajstić information content (AvgIpc) is 3.07. The Kier molecular flexibility index (Phi) is 18.3. The Bertz CT molecular complexity index is 1200. The van der Waals surface area contributed by atoms with E-state index in [4.69, 9.17) is 4.18 Å². The number of amides is 1. The molecule has 2 heterocycles. The molecule has 1 aromatic heterocycles. The van der Waals surface area contributed by atoms with Gasteiger partial charge in [-0.25, -0.2) is 4.98 Å². The third-order valence-electron chi connectivity index (χ3n) is 9.06. The zero-order valence-electron chi connectivity index (χ0n) is 28.7. The fraction of sp³-hybridized carbons (Fsp3) is 0.676. The number of carbonyl (C=O) groups excluding carboxylic acids is 1. The Morgan fingerprint density at radius 3 is 1.76 bits per heavy atom. The smallest absolute Gasteiger partial charge is 0.296 e. The molecular formula is C37H60N4O4S. The largest absolute Gasteiger partial charge is 0.354 e. The summed E-state index contributed by atoms with van der Waals surface area (Å²) in [5.74, 6) is 0.941. The van der Waals surface area contributed by atoms with Crippen molar-refractivity contribution in [3.05, 3.63) is 53.7 Å². The summed E-state index contributed by atoms with van der Waals surface area (Å²) in [6.07, 6.45) is 21.1. The molecule has 0 saturated carbocycles. The zero-order valence-corrected chi connectivity index (χ0v) is 29.5. The van der Waals surface area contributed by atoms with Crippen molar-refractivity contribution in [2.45, 2.75) is 121 Å². The highest BCUT2D eigenvalue weighted by molar-refractivity contribution is 7.86. The van der Waals surface area contributed by atoms with Gasteiger partial charge in [0, 0.05) is 38.9 Å². The Hall–Kier alpha value is -2.49. The molecule has 1 amide bonds. The molecular weight excluding hydrogens is 596 g/mol. The van der Waals surface area contributed by atoms with Crippen LogP contribution in [-0.4, -0.2) is 70.1 Å². The van der Waals surface area contributed by atoms with Gasteiger partial charge < -0.3 is 15.1 Å². The van der Waals surface area contributed by atoms with Crippen LogP contribution >= 0.6 is 0 Å². The SMILES string of the molecule is CCN1CCN(c2ccc(C(=O)NCCCCCCCCCCCCCCCCCCOS(=O)(=O)c3ccc(C)cc3)cn2)CC1. The highest BCUT2D eigenvalue weighted by atomic mass is 32.2. The predicted octanol–water partition coefficient (Wildman–Crippen LogP) is 7.91. The number of aromatic nitrogens is 1. The van der Waals surface area contributed by atoms with E-state index < -0.39 is 10.1 Å². The second-order valence-electron chi connectivity index (χ2n) is 12.8. The summed E-state index contributed by atoms with van der Waals surface area (Å²) >= 11 is 0. The van der Waals surface area contributed by atoms with Gasteiger partial charge >= 0.3 is 0 Å². The summed E-state index contributed by atoms with van der Waals surface area (Å²) in [4.78, 5) is 22.0. The van der Waals surface area contributed by atoms with Gasteiger partial charge in [-0.05, 0) is 50.6 Å². The van der Waals surface area contributed by atoms with Crippen molar-refractivity contribution in [1.82, 2.24) is 15.2 Å². The Balaban J connectivity index is 1.04. The molecule has 1 fully saturated rings. The lowest BCUT2D eigenvalue weighted by atomic mass is 10.0. The number of aryl methyl sites for hydroxylation is 1. The van der Waals surface area contributed by atoms with Crippen LogP contribution in [0.15, 0.2) is 47.5 Å². The molecule has 0 spiro atoms. The van der Waals surface area contributed by atoms with Gasteiger partial charge in [0.1, 0.15) is 5.82 Å². The molecule has 0 unspecified atom stereocenters. The summed E-state index contributed by atoms with van der Waals surface area (Å²) < 4.78 is 29.6. The number of anilines is 1.